The summed E-state index contributed by atoms with van der Waals surface area (Å²) in [5.74, 6) is -2.01. The largest absolute Gasteiger partial charge is 0.481 e. The summed E-state index contributed by atoms with van der Waals surface area (Å²) in [4.78, 5) is 11.2. The molecule has 17 heavy (non-hydrogen) atoms. The van der Waals surface area contributed by atoms with E-state index in [4.69, 9.17) is 4.74 Å². The summed E-state index contributed by atoms with van der Waals surface area (Å²) in [5.41, 5.74) is 0.507. The monoisotopic (exact) mass is 238 g/mol. The SMILES string of the molecule is O=C(O)C(CC1CCCO1)c1cccc(F)c1. The van der Waals surface area contributed by atoms with E-state index in [2.05, 4.69) is 0 Å². The average Bonchev–Trinajstić information content (AvgIpc) is 2.78. The maximum Gasteiger partial charge on any atom is 0.311 e. The van der Waals surface area contributed by atoms with E-state index >= 15 is 0 Å². The van der Waals surface area contributed by atoms with Gasteiger partial charge in [0.15, 0.2) is 0 Å². The lowest BCUT2D eigenvalue weighted by Gasteiger charge is -2.16. The van der Waals surface area contributed by atoms with Gasteiger partial charge in [-0.25, -0.2) is 4.39 Å². The first-order chi connectivity index (χ1) is 8.16. The third kappa shape index (κ3) is 3.03. The van der Waals surface area contributed by atoms with Gasteiger partial charge in [-0.2, -0.15) is 0 Å². The first-order valence-electron chi connectivity index (χ1n) is 5.76. The van der Waals surface area contributed by atoms with Crippen molar-refractivity contribution in [3.63, 3.8) is 0 Å². The number of carboxylic acid groups (broad SMARTS) is 1. The third-order valence-electron chi connectivity index (χ3n) is 3.07. The standard InChI is InChI=1S/C13H15FO3/c14-10-4-1-3-9(7-10)12(13(15)16)8-11-5-2-6-17-11/h1,3-4,7,11-12H,2,5-6,8H2,(H,15,16). The molecule has 1 heterocycles. The van der Waals surface area contributed by atoms with Crippen LogP contribution in [0.3, 0.4) is 0 Å². The van der Waals surface area contributed by atoms with E-state index in [1.165, 1.54) is 18.2 Å². The van der Waals surface area contributed by atoms with Gasteiger partial charge in [0.2, 0.25) is 0 Å². The van der Waals surface area contributed by atoms with Crippen molar-refractivity contribution < 1.29 is 19.0 Å². The minimum absolute atomic E-state index is 0.0145. The highest BCUT2D eigenvalue weighted by Gasteiger charge is 2.27. The Bertz CT molecular complexity index is 399. The molecule has 1 saturated heterocycles. The highest BCUT2D eigenvalue weighted by Crippen LogP contribution is 2.27. The lowest BCUT2D eigenvalue weighted by atomic mass is 9.92. The van der Waals surface area contributed by atoms with Crippen LogP contribution in [0.2, 0.25) is 0 Å². The summed E-state index contributed by atoms with van der Waals surface area (Å²) in [5, 5.41) is 9.20. The second-order valence-corrected chi connectivity index (χ2v) is 4.32. The molecule has 2 unspecified atom stereocenters. The highest BCUT2D eigenvalue weighted by atomic mass is 19.1. The van der Waals surface area contributed by atoms with Crippen LogP contribution in [0, 0.1) is 5.82 Å². The van der Waals surface area contributed by atoms with Crippen molar-refractivity contribution in [1.82, 2.24) is 0 Å². The molecule has 92 valence electrons. The molecular weight excluding hydrogens is 223 g/mol. The van der Waals surface area contributed by atoms with E-state index in [9.17, 15) is 14.3 Å². The molecule has 0 amide bonds. The quantitative estimate of drug-likeness (QED) is 0.876. The van der Waals surface area contributed by atoms with Crippen LogP contribution in [0.4, 0.5) is 4.39 Å². The third-order valence-corrected chi connectivity index (χ3v) is 3.07. The van der Waals surface area contributed by atoms with E-state index in [0.717, 1.165) is 12.8 Å². The Morgan fingerprint density at radius 3 is 3.00 bits per heavy atom. The molecule has 0 saturated carbocycles. The van der Waals surface area contributed by atoms with E-state index in [0.29, 0.717) is 18.6 Å². The van der Waals surface area contributed by atoms with Gasteiger partial charge in [-0.3, -0.25) is 4.79 Å². The topological polar surface area (TPSA) is 46.5 Å². The van der Waals surface area contributed by atoms with Crippen LogP contribution in [-0.2, 0) is 9.53 Å². The average molecular weight is 238 g/mol. The van der Waals surface area contributed by atoms with Gasteiger partial charge in [-0.05, 0) is 37.0 Å². The van der Waals surface area contributed by atoms with Crippen LogP contribution in [0.1, 0.15) is 30.7 Å². The number of halogens is 1. The van der Waals surface area contributed by atoms with Gasteiger partial charge in [-0.1, -0.05) is 12.1 Å². The van der Waals surface area contributed by atoms with Crippen molar-refractivity contribution in [2.24, 2.45) is 0 Å². The number of rotatable bonds is 4. The van der Waals surface area contributed by atoms with E-state index in [1.807, 2.05) is 0 Å². The maximum atomic E-state index is 13.1. The Hall–Kier alpha value is -1.42. The molecule has 0 radical (unpaired) electrons. The summed E-state index contributed by atoms with van der Waals surface area (Å²) in [6.45, 7) is 0.695. The predicted molar refractivity (Wildman–Crippen MR) is 60.4 cm³/mol. The zero-order valence-corrected chi connectivity index (χ0v) is 9.43. The van der Waals surface area contributed by atoms with Crippen molar-refractivity contribution in [3.05, 3.63) is 35.6 Å². The fourth-order valence-corrected chi connectivity index (χ4v) is 2.20. The normalized spacial score (nSPS) is 21.4. The van der Waals surface area contributed by atoms with Gasteiger partial charge < -0.3 is 9.84 Å². The maximum absolute atomic E-state index is 13.1. The minimum Gasteiger partial charge on any atom is -0.481 e. The lowest BCUT2D eigenvalue weighted by molar-refractivity contribution is -0.139. The summed E-state index contributed by atoms with van der Waals surface area (Å²) >= 11 is 0. The van der Waals surface area contributed by atoms with Crippen molar-refractivity contribution in [2.45, 2.75) is 31.3 Å². The number of hydrogen-bond donors (Lipinski definition) is 1. The Morgan fingerprint density at radius 1 is 1.59 bits per heavy atom. The molecule has 2 atom stereocenters. The van der Waals surface area contributed by atoms with Gasteiger partial charge in [0.25, 0.3) is 0 Å². The van der Waals surface area contributed by atoms with Gasteiger partial charge in [0.05, 0.1) is 12.0 Å². The van der Waals surface area contributed by atoms with Crippen molar-refractivity contribution >= 4 is 5.97 Å². The second kappa shape index (κ2) is 5.27. The first kappa shape index (κ1) is 12.0. The van der Waals surface area contributed by atoms with Crippen LogP contribution in [0.25, 0.3) is 0 Å². The van der Waals surface area contributed by atoms with Gasteiger partial charge in [-0.15, -0.1) is 0 Å². The number of aliphatic carboxylic acids is 1. The number of hydrogen-bond acceptors (Lipinski definition) is 2. The molecule has 0 aliphatic carbocycles. The smallest absolute Gasteiger partial charge is 0.311 e. The number of ether oxygens (including phenoxy) is 1. The molecule has 0 spiro atoms. The van der Waals surface area contributed by atoms with Gasteiger partial charge in [0.1, 0.15) is 5.82 Å². The Kier molecular flexibility index (Phi) is 3.74. The Morgan fingerprint density at radius 2 is 2.41 bits per heavy atom. The minimum atomic E-state index is -0.925. The summed E-state index contributed by atoms with van der Waals surface area (Å²) in [6, 6.07) is 5.79. The number of carboxylic acids is 1. The van der Waals surface area contributed by atoms with E-state index < -0.39 is 17.7 Å². The van der Waals surface area contributed by atoms with Crippen LogP contribution in [-0.4, -0.2) is 23.8 Å². The van der Waals surface area contributed by atoms with Crippen molar-refractivity contribution in [1.29, 1.82) is 0 Å². The predicted octanol–water partition coefficient (Wildman–Crippen LogP) is 2.56. The highest BCUT2D eigenvalue weighted by molar-refractivity contribution is 5.76. The van der Waals surface area contributed by atoms with Gasteiger partial charge >= 0.3 is 5.97 Å². The number of benzene rings is 1. The Balaban J connectivity index is 2.13. The molecule has 1 aliphatic heterocycles. The van der Waals surface area contributed by atoms with E-state index in [1.54, 1.807) is 6.07 Å². The fraction of sp³-hybridized carbons (Fsp3) is 0.462. The van der Waals surface area contributed by atoms with Crippen molar-refractivity contribution in [3.8, 4) is 0 Å². The summed E-state index contributed by atoms with van der Waals surface area (Å²) < 4.78 is 18.5. The van der Waals surface area contributed by atoms with Crippen LogP contribution >= 0.6 is 0 Å². The molecule has 3 nitrogen and oxygen atoms in total. The Labute approximate surface area is 99.2 Å². The molecule has 2 rings (SSSR count). The molecule has 1 fully saturated rings. The lowest BCUT2D eigenvalue weighted by Crippen LogP contribution is -2.18. The molecular formula is C13H15FO3. The van der Waals surface area contributed by atoms with Crippen LogP contribution in [0.5, 0.6) is 0 Å². The molecule has 4 heteroatoms. The summed E-state index contributed by atoms with van der Waals surface area (Å²) in [6.07, 6.45) is 2.26. The summed E-state index contributed by atoms with van der Waals surface area (Å²) in [7, 11) is 0. The van der Waals surface area contributed by atoms with Crippen molar-refractivity contribution in [2.75, 3.05) is 6.61 Å². The van der Waals surface area contributed by atoms with Crippen LogP contribution < -0.4 is 0 Å². The molecule has 0 bridgehead atoms. The first-order valence-corrected chi connectivity index (χ1v) is 5.76. The number of carbonyl (C=O) groups is 1. The zero-order valence-electron chi connectivity index (χ0n) is 9.43. The molecule has 1 aliphatic rings. The molecule has 1 aromatic rings. The zero-order chi connectivity index (χ0) is 12.3. The van der Waals surface area contributed by atoms with Gasteiger partial charge in [0, 0.05) is 6.61 Å². The van der Waals surface area contributed by atoms with Crippen LogP contribution in [0.15, 0.2) is 24.3 Å². The molecule has 1 aromatic carbocycles. The molecule has 0 aromatic heterocycles. The van der Waals surface area contributed by atoms with E-state index in [-0.39, 0.29) is 6.10 Å². The second-order valence-electron chi connectivity index (χ2n) is 4.32. The molecule has 1 N–H and O–H groups in total. The fourth-order valence-electron chi connectivity index (χ4n) is 2.20.